The standard InChI is InChI=1S/C21H26N4O3S/c1-21(2,3)28-20(27)25-8-6-13(7-9-25)17-12-29-18(23-17)14-4-5-15-11-22-19(26)24-16(15)10-14/h4-5,10,12-13H,6-9,11H2,1-3H3,(H2,22,24,26). The topological polar surface area (TPSA) is 83.6 Å². The molecule has 0 unspecified atom stereocenters. The van der Waals surface area contributed by atoms with E-state index < -0.39 is 5.60 Å². The van der Waals surface area contributed by atoms with Crippen molar-refractivity contribution in [1.82, 2.24) is 15.2 Å². The third-order valence-corrected chi connectivity index (χ3v) is 6.04. The Morgan fingerprint density at radius 3 is 2.76 bits per heavy atom. The number of carbonyl (C=O) groups excluding carboxylic acids is 2. The number of benzene rings is 1. The number of ether oxygens (including phenoxy) is 1. The number of hydrogen-bond acceptors (Lipinski definition) is 5. The Morgan fingerprint density at radius 1 is 1.28 bits per heavy atom. The molecule has 2 aliphatic heterocycles. The number of urea groups is 1. The van der Waals surface area contributed by atoms with Crippen LogP contribution in [-0.2, 0) is 11.3 Å². The Bertz CT molecular complexity index is 926. The molecule has 8 heteroatoms. The third kappa shape index (κ3) is 4.53. The number of likely N-dealkylation sites (tertiary alicyclic amines) is 1. The van der Waals surface area contributed by atoms with Crippen LogP contribution in [0.25, 0.3) is 10.6 Å². The lowest BCUT2D eigenvalue weighted by atomic mass is 9.94. The van der Waals surface area contributed by atoms with Crippen LogP contribution in [0.1, 0.15) is 50.8 Å². The van der Waals surface area contributed by atoms with Crippen molar-refractivity contribution in [3.63, 3.8) is 0 Å². The molecule has 2 aromatic rings. The number of rotatable bonds is 2. The van der Waals surface area contributed by atoms with E-state index in [-0.39, 0.29) is 12.1 Å². The first kappa shape index (κ1) is 19.7. The highest BCUT2D eigenvalue weighted by molar-refractivity contribution is 7.13. The van der Waals surface area contributed by atoms with Gasteiger partial charge in [0.2, 0.25) is 0 Å². The second kappa shape index (κ2) is 7.67. The Hall–Kier alpha value is -2.61. The first-order chi connectivity index (χ1) is 13.8. The summed E-state index contributed by atoms with van der Waals surface area (Å²) in [6.07, 6.45) is 1.53. The molecule has 0 saturated carbocycles. The number of anilines is 1. The summed E-state index contributed by atoms with van der Waals surface area (Å²) in [6.45, 7) is 7.57. The summed E-state index contributed by atoms with van der Waals surface area (Å²) in [4.78, 5) is 30.4. The molecule has 29 heavy (non-hydrogen) atoms. The number of amides is 3. The van der Waals surface area contributed by atoms with Gasteiger partial charge in [0, 0.05) is 42.2 Å². The van der Waals surface area contributed by atoms with Crippen LogP contribution in [0, 0.1) is 0 Å². The SMILES string of the molecule is CC(C)(C)OC(=O)N1CCC(c2csc(-c3ccc4c(c3)NC(=O)NC4)n2)CC1. The molecule has 4 rings (SSSR count). The highest BCUT2D eigenvalue weighted by atomic mass is 32.1. The van der Waals surface area contributed by atoms with Crippen LogP contribution in [-0.4, -0.2) is 40.7 Å². The second-order valence-electron chi connectivity index (χ2n) is 8.50. The average molecular weight is 415 g/mol. The van der Waals surface area contributed by atoms with Crippen LogP contribution in [0.3, 0.4) is 0 Å². The van der Waals surface area contributed by atoms with Gasteiger partial charge >= 0.3 is 12.1 Å². The van der Waals surface area contributed by atoms with E-state index in [1.165, 1.54) is 0 Å². The molecule has 0 atom stereocenters. The number of nitrogens with zero attached hydrogens (tertiary/aromatic N) is 2. The van der Waals surface area contributed by atoms with Gasteiger partial charge in [0.25, 0.3) is 0 Å². The molecular formula is C21H26N4O3S. The van der Waals surface area contributed by atoms with Gasteiger partial charge in [-0.1, -0.05) is 12.1 Å². The Balaban J connectivity index is 1.41. The molecule has 3 heterocycles. The number of piperidine rings is 1. The van der Waals surface area contributed by atoms with Crippen molar-refractivity contribution in [2.45, 2.75) is 51.7 Å². The molecule has 3 amide bonds. The molecule has 154 valence electrons. The molecule has 0 aliphatic carbocycles. The molecule has 7 nitrogen and oxygen atoms in total. The van der Waals surface area contributed by atoms with Crippen LogP contribution >= 0.6 is 11.3 Å². The van der Waals surface area contributed by atoms with Gasteiger partial charge in [0.05, 0.1) is 5.69 Å². The van der Waals surface area contributed by atoms with E-state index in [0.29, 0.717) is 25.6 Å². The molecular weight excluding hydrogens is 388 g/mol. The van der Waals surface area contributed by atoms with Crippen molar-refractivity contribution in [3.05, 3.63) is 34.8 Å². The summed E-state index contributed by atoms with van der Waals surface area (Å²) < 4.78 is 5.47. The van der Waals surface area contributed by atoms with Gasteiger partial charge in [-0.2, -0.15) is 0 Å². The molecule has 1 fully saturated rings. The molecule has 0 bridgehead atoms. The lowest BCUT2D eigenvalue weighted by molar-refractivity contribution is 0.0204. The third-order valence-electron chi connectivity index (χ3n) is 5.13. The summed E-state index contributed by atoms with van der Waals surface area (Å²) in [5.41, 5.74) is 3.53. The van der Waals surface area contributed by atoms with Gasteiger partial charge in [-0.15, -0.1) is 11.3 Å². The lowest BCUT2D eigenvalue weighted by Crippen LogP contribution is -2.41. The summed E-state index contributed by atoms with van der Waals surface area (Å²) in [6, 6.07) is 5.89. The van der Waals surface area contributed by atoms with E-state index in [1.54, 1.807) is 16.2 Å². The number of aromatic nitrogens is 1. The predicted octanol–water partition coefficient (Wildman–Crippen LogP) is 4.56. The smallest absolute Gasteiger partial charge is 0.410 e. The zero-order chi connectivity index (χ0) is 20.6. The van der Waals surface area contributed by atoms with Crippen molar-refractivity contribution >= 4 is 29.1 Å². The quantitative estimate of drug-likeness (QED) is 0.755. The number of carbonyl (C=O) groups is 2. The van der Waals surface area contributed by atoms with Crippen molar-refractivity contribution in [2.75, 3.05) is 18.4 Å². The van der Waals surface area contributed by atoms with Crippen molar-refractivity contribution < 1.29 is 14.3 Å². The second-order valence-corrected chi connectivity index (χ2v) is 9.36. The molecule has 1 saturated heterocycles. The maximum atomic E-state index is 12.2. The van der Waals surface area contributed by atoms with Gasteiger partial charge in [-0.3, -0.25) is 0 Å². The van der Waals surface area contributed by atoms with Crippen molar-refractivity contribution in [3.8, 4) is 10.6 Å². The largest absolute Gasteiger partial charge is 0.444 e. The lowest BCUT2D eigenvalue weighted by Gasteiger charge is -2.32. The van der Waals surface area contributed by atoms with Crippen LogP contribution in [0.2, 0.25) is 0 Å². The van der Waals surface area contributed by atoms with E-state index in [1.807, 2.05) is 39.0 Å². The van der Waals surface area contributed by atoms with E-state index in [0.717, 1.165) is 40.4 Å². The number of thiazole rings is 1. The molecule has 1 aromatic heterocycles. The first-order valence-corrected chi connectivity index (χ1v) is 10.8. The summed E-state index contributed by atoms with van der Waals surface area (Å²) in [5, 5.41) is 8.68. The van der Waals surface area contributed by atoms with E-state index in [4.69, 9.17) is 9.72 Å². The summed E-state index contributed by atoms with van der Waals surface area (Å²) in [7, 11) is 0. The van der Waals surface area contributed by atoms with Gasteiger partial charge in [-0.05, 0) is 45.2 Å². The van der Waals surface area contributed by atoms with Crippen LogP contribution in [0.15, 0.2) is 23.6 Å². The maximum Gasteiger partial charge on any atom is 0.410 e. The van der Waals surface area contributed by atoms with Crippen LogP contribution in [0.4, 0.5) is 15.3 Å². The molecule has 0 radical (unpaired) electrons. The number of hydrogen-bond donors (Lipinski definition) is 2. The molecule has 2 aliphatic rings. The van der Waals surface area contributed by atoms with Crippen molar-refractivity contribution in [2.24, 2.45) is 0 Å². The van der Waals surface area contributed by atoms with Crippen LogP contribution < -0.4 is 10.6 Å². The fraction of sp³-hybridized carbons (Fsp3) is 0.476. The maximum absolute atomic E-state index is 12.2. The molecule has 0 spiro atoms. The minimum Gasteiger partial charge on any atom is -0.444 e. The Kier molecular flexibility index (Phi) is 5.21. The van der Waals surface area contributed by atoms with Crippen molar-refractivity contribution in [1.29, 1.82) is 0 Å². The Labute approximate surface area is 174 Å². The summed E-state index contributed by atoms with van der Waals surface area (Å²) in [5.74, 6) is 0.347. The molecule has 2 N–H and O–H groups in total. The van der Waals surface area contributed by atoms with E-state index in [9.17, 15) is 9.59 Å². The van der Waals surface area contributed by atoms with Gasteiger partial charge in [0.15, 0.2) is 0 Å². The van der Waals surface area contributed by atoms with Gasteiger partial charge < -0.3 is 20.3 Å². The fourth-order valence-electron chi connectivity index (χ4n) is 3.61. The normalized spacial score (nSPS) is 17.3. The highest BCUT2D eigenvalue weighted by Crippen LogP contribution is 2.34. The average Bonchev–Trinajstić information content (AvgIpc) is 3.16. The Morgan fingerprint density at radius 2 is 2.03 bits per heavy atom. The number of nitrogens with one attached hydrogen (secondary N) is 2. The fourth-order valence-corrected chi connectivity index (χ4v) is 4.51. The highest BCUT2D eigenvalue weighted by Gasteiger charge is 2.28. The monoisotopic (exact) mass is 414 g/mol. The van der Waals surface area contributed by atoms with Crippen LogP contribution in [0.5, 0.6) is 0 Å². The minimum absolute atomic E-state index is 0.175. The summed E-state index contributed by atoms with van der Waals surface area (Å²) >= 11 is 1.62. The minimum atomic E-state index is -0.470. The first-order valence-electron chi connectivity index (χ1n) is 9.90. The number of fused-ring (bicyclic) bond motifs is 1. The molecule has 1 aromatic carbocycles. The van der Waals surface area contributed by atoms with E-state index >= 15 is 0 Å². The van der Waals surface area contributed by atoms with Gasteiger partial charge in [0.1, 0.15) is 10.6 Å². The zero-order valence-corrected chi connectivity index (χ0v) is 17.8. The van der Waals surface area contributed by atoms with Gasteiger partial charge in [-0.25, -0.2) is 14.6 Å². The predicted molar refractivity (Wildman–Crippen MR) is 113 cm³/mol. The van der Waals surface area contributed by atoms with E-state index in [2.05, 4.69) is 16.0 Å². The zero-order valence-electron chi connectivity index (χ0n) is 16.9.